The highest BCUT2D eigenvalue weighted by molar-refractivity contribution is 6.09. The molecule has 0 saturated heterocycles. The summed E-state index contributed by atoms with van der Waals surface area (Å²) < 4.78 is 0. The van der Waals surface area contributed by atoms with E-state index in [-0.39, 0.29) is 54.0 Å². The average Bonchev–Trinajstić information content (AvgIpc) is 3.58. The van der Waals surface area contributed by atoms with Crippen molar-refractivity contribution in [1.82, 2.24) is 19.9 Å². The van der Waals surface area contributed by atoms with Gasteiger partial charge in [-0.1, -0.05) is 34.4 Å². The molecule has 3 aromatic heterocycles. The van der Waals surface area contributed by atoms with Gasteiger partial charge in [-0.05, 0) is 52.7 Å². The van der Waals surface area contributed by atoms with E-state index in [1.807, 2.05) is 0 Å². The molecule has 5 rings (SSSR count). The minimum Gasteiger partial charge on any atom is -0.657 e. The van der Waals surface area contributed by atoms with Gasteiger partial charge in [-0.2, -0.15) is 0 Å². The summed E-state index contributed by atoms with van der Waals surface area (Å²) in [5.41, 5.74) is -0.243. The molecular formula is C34H32N4O10-2. The monoisotopic (exact) mass is 656 g/mol. The maximum Gasteiger partial charge on any atom is 0.304 e. The summed E-state index contributed by atoms with van der Waals surface area (Å²) in [4.78, 5) is 93.1. The molecule has 8 bridgehead atoms. The van der Waals surface area contributed by atoms with Crippen molar-refractivity contribution in [1.29, 1.82) is 0 Å². The van der Waals surface area contributed by atoms with Gasteiger partial charge in [0, 0.05) is 12.8 Å². The Kier molecular flexibility index (Phi) is 8.55. The Labute approximate surface area is 272 Å². The fraction of sp³-hybridized carbons (Fsp3) is 0.353. The van der Waals surface area contributed by atoms with Crippen molar-refractivity contribution in [2.24, 2.45) is 0 Å². The van der Waals surface area contributed by atoms with Crippen molar-refractivity contribution in [3.63, 3.8) is 0 Å². The smallest absolute Gasteiger partial charge is 0.304 e. The van der Waals surface area contributed by atoms with E-state index < -0.39 is 59.1 Å². The lowest BCUT2D eigenvalue weighted by atomic mass is 9.78. The molecule has 2 aliphatic heterocycles. The number of hydrogen-bond donors (Lipinski definition) is 4. The molecule has 2 unspecified atom stereocenters. The maximum atomic E-state index is 13.9. The Morgan fingerprint density at radius 3 is 1.42 bits per heavy atom. The number of carbonyl (C=O) groups is 6. The number of nitrogens with zero attached hydrogens (tertiary/aromatic N) is 4. The lowest BCUT2D eigenvalue weighted by Crippen LogP contribution is -2.32. The van der Waals surface area contributed by atoms with Crippen LogP contribution in [0.5, 0.6) is 0 Å². The Morgan fingerprint density at radius 2 is 1.00 bits per heavy atom. The van der Waals surface area contributed by atoms with Crippen LogP contribution in [0.25, 0.3) is 22.1 Å². The summed E-state index contributed by atoms with van der Waals surface area (Å²) in [6.45, 7) is 6.22. The van der Waals surface area contributed by atoms with Crippen LogP contribution in [0.2, 0.25) is 0 Å². The zero-order valence-electron chi connectivity index (χ0n) is 26.6. The summed E-state index contributed by atoms with van der Waals surface area (Å²) in [6, 6.07) is 5.66. The summed E-state index contributed by atoms with van der Waals surface area (Å²) in [6.07, 6.45) is -1.62. The second kappa shape index (κ2) is 12.2. The van der Waals surface area contributed by atoms with E-state index >= 15 is 0 Å². The van der Waals surface area contributed by atoms with E-state index in [2.05, 4.69) is 9.97 Å². The third-order valence-corrected chi connectivity index (χ3v) is 9.14. The van der Waals surface area contributed by atoms with Gasteiger partial charge in [0.2, 0.25) is 0 Å². The molecule has 4 N–H and O–H groups in total. The number of rotatable bonds is 10. The number of carbonyl (C=O) groups excluding carboxylic acids is 2. The lowest BCUT2D eigenvalue weighted by molar-refractivity contribution is -0.139. The van der Waals surface area contributed by atoms with E-state index in [1.165, 1.54) is 32.0 Å². The third kappa shape index (κ3) is 5.96. The van der Waals surface area contributed by atoms with E-state index in [9.17, 15) is 49.2 Å². The number of carboxylic acids is 4. The van der Waals surface area contributed by atoms with Crippen LogP contribution < -0.4 is 9.97 Å². The first-order valence-electron chi connectivity index (χ1n) is 15.0. The van der Waals surface area contributed by atoms with E-state index in [1.54, 1.807) is 19.9 Å². The second-order valence-electron chi connectivity index (χ2n) is 12.6. The van der Waals surface area contributed by atoms with Gasteiger partial charge in [-0.3, -0.25) is 28.8 Å². The Morgan fingerprint density at radius 1 is 0.604 bits per heavy atom. The molecule has 5 heterocycles. The number of aromatic nitrogens is 4. The third-order valence-electron chi connectivity index (χ3n) is 9.14. The normalized spacial score (nSPS) is 19.0. The predicted molar refractivity (Wildman–Crippen MR) is 168 cm³/mol. The lowest BCUT2D eigenvalue weighted by Gasteiger charge is -2.20. The highest BCUT2D eigenvalue weighted by Crippen LogP contribution is 2.39. The summed E-state index contributed by atoms with van der Waals surface area (Å²) in [5, 5.41) is 38.4. The van der Waals surface area contributed by atoms with Crippen molar-refractivity contribution in [3.8, 4) is 0 Å². The fourth-order valence-corrected chi connectivity index (χ4v) is 6.32. The van der Waals surface area contributed by atoms with Gasteiger partial charge in [0.15, 0.2) is 11.6 Å². The highest BCUT2D eigenvalue weighted by Gasteiger charge is 2.47. The molecule has 0 amide bonds. The van der Waals surface area contributed by atoms with E-state index in [0.29, 0.717) is 38.8 Å². The SMILES string of the molecule is Cc1c(CCC(=O)O)c2cc3[n-]c(cc4nc(cc5nc(cc1[n-]2)C(=O)C5(C)CC(=O)O)C(=O)C4(C)CC(=O)O)c(C)c3CCC(=O)O. The standard InChI is InChI=1S/C34H34N4O10/c1-15-17(5-7-27(39)40)21-10-22-18(6-8-28(41)42)16(2)20(36-22)11-25-33(3,13-29(43)44)32(48)24(38-25)12-26-34(4,14-30(45)46)31(47)23(37-26)9-19(15)35-21/h9-12H,5-8,13-14H2,1-4H3,(H6,35,36,37,38,39,40,41,42,43,44,45,46,47,48)/p-2. The Hall–Kier alpha value is -5.66. The number of aliphatic carboxylic acids is 4. The number of fused-ring (bicyclic) bond motifs is 8. The van der Waals surface area contributed by atoms with Gasteiger partial charge in [0.1, 0.15) is 11.4 Å². The number of carboxylic acid groups (broad SMARTS) is 4. The topological polar surface area (TPSA) is 237 Å². The van der Waals surface area contributed by atoms with Crippen LogP contribution in [0.15, 0.2) is 24.3 Å². The molecule has 0 aromatic carbocycles. The van der Waals surface area contributed by atoms with Crippen molar-refractivity contribution >= 4 is 57.5 Å². The van der Waals surface area contributed by atoms with Crippen molar-refractivity contribution in [3.05, 3.63) is 69.3 Å². The molecule has 3 aromatic rings. The maximum absolute atomic E-state index is 13.9. The molecule has 0 aliphatic carbocycles. The van der Waals surface area contributed by atoms with E-state index in [4.69, 9.17) is 9.97 Å². The van der Waals surface area contributed by atoms with Crippen LogP contribution in [-0.2, 0) is 42.8 Å². The van der Waals surface area contributed by atoms with Gasteiger partial charge < -0.3 is 30.4 Å². The van der Waals surface area contributed by atoms with Gasteiger partial charge in [0.05, 0.1) is 35.1 Å². The molecule has 14 nitrogen and oxygen atoms in total. The van der Waals surface area contributed by atoms with Crippen LogP contribution in [0.4, 0.5) is 0 Å². The molecule has 2 aliphatic rings. The van der Waals surface area contributed by atoms with Gasteiger partial charge in [-0.25, -0.2) is 9.97 Å². The molecule has 14 heteroatoms. The molecular weight excluding hydrogens is 624 g/mol. The van der Waals surface area contributed by atoms with Crippen LogP contribution in [0.3, 0.4) is 0 Å². The molecule has 48 heavy (non-hydrogen) atoms. The molecule has 2 atom stereocenters. The molecule has 0 spiro atoms. The number of Topliss-reactive ketones (excluding diaryl/α,β-unsaturated/α-hetero) is 2. The summed E-state index contributed by atoms with van der Waals surface area (Å²) >= 11 is 0. The van der Waals surface area contributed by atoms with Crippen molar-refractivity contribution in [2.75, 3.05) is 0 Å². The molecule has 0 fully saturated rings. The number of hydrogen-bond acceptors (Lipinski definition) is 8. The van der Waals surface area contributed by atoms with Crippen molar-refractivity contribution < 1.29 is 49.2 Å². The number of aryl methyl sites for hydroxylation is 4. The summed E-state index contributed by atoms with van der Waals surface area (Å²) in [5.74, 6) is -5.99. The summed E-state index contributed by atoms with van der Waals surface area (Å²) in [7, 11) is 0. The number of ketones is 2. The van der Waals surface area contributed by atoms with Crippen LogP contribution >= 0.6 is 0 Å². The molecule has 0 radical (unpaired) electrons. The van der Waals surface area contributed by atoms with Crippen LogP contribution in [0.1, 0.15) is 94.1 Å². The van der Waals surface area contributed by atoms with Gasteiger partial charge in [-0.15, -0.1) is 22.1 Å². The van der Waals surface area contributed by atoms with Crippen molar-refractivity contribution in [2.45, 2.75) is 77.0 Å². The minimum atomic E-state index is -1.71. The Bertz CT molecular complexity index is 2110. The molecule has 0 saturated carbocycles. The Balaban J connectivity index is 1.97. The van der Waals surface area contributed by atoms with Gasteiger partial charge >= 0.3 is 23.9 Å². The zero-order chi connectivity index (χ0) is 35.3. The van der Waals surface area contributed by atoms with Crippen LogP contribution in [0, 0.1) is 13.8 Å². The predicted octanol–water partition coefficient (Wildman–Crippen LogP) is 3.45. The first-order valence-corrected chi connectivity index (χ1v) is 15.0. The fourth-order valence-electron chi connectivity index (χ4n) is 6.32. The zero-order valence-corrected chi connectivity index (χ0v) is 26.6. The van der Waals surface area contributed by atoms with Crippen LogP contribution in [-0.4, -0.2) is 65.8 Å². The van der Waals surface area contributed by atoms with Gasteiger partial charge in [0.25, 0.3) is 0 Å². The average molecular weight is 657 g/mol. The quantitative estimate of drug-likeness (QED) is 0.245. The van der Waals surface area contributed by atoms with E-state index in [0.717, 1.165) is 0 Å². The first-order chi connectivity index (χ1) is 22.4. The molecule has 250 valence electrons. The highest BCUT2D eigenvalue weighted by atomic mass is 16.4. The largest absolute Gasteiger partial charge is 0.657 e. The second-order valence-corrected chi connectivity index (χ2v) is 12.6. The first kappa shape index (κ1) is 33.7. The minimum absolute atomic E-state index is 0.0533.